The summed E-state index contributed by atoms with van der Waals surface area (Å²) in [4.78, 5) is 11.4. The Bertz CT molecular complexity index is 1830. The molecule has 0 saturated heterocycles. The van der Waals surface area contributed by atoms with Gasteiger partial charge in [0.1, 0.15) is 15.8 Å². The van der Waals surface area contributed by atoms with E-state index in [9.17, 15) is 4.79 Å². The van der Waals surface area contributed by atoms with E-state index in [1.165, 1.54) is 11.3 Å². The SMILES string of the molecule is CC(C)(C)c1n[nH]c(=O)n1C1CC1.CC(C)(C)c1nn(-c2ccc(Cl)cc2)c(=S)s1.Cc1nn(-c2ccccc2)c(=S)s1. The highest BCUT2D eigenvalue weighted by atomic mass is 35.5. The molecule has 3 aromatic heterocycles. The molecule has 2 aromatic carbocycles. The van der Waals surface area contributed by atoms with Crippen LogP contribution in [0.5, 0.6) is 0 Å². The third-order valence-corrected chi connectivity index (χ3v) is 9.25. The van der Waals surface area contributed by atoms with Gasteiger partial charge in [-0.05, 0) is 80.6 Å². The van der Waals surface area contributed by atoms with E-state index in [0.717, 1.165) is 48.0 Å². The third kappa shape index (κ3) is 8.66. The lowest BCUT2D eigenvalue weighted by Crippen LogP contribution is -2.24. The van der Waals surface area contributed by atoms with Crippen LogP contribution in [0.3, 0.4) is 0 Å². The molecule has 43 heavy (non-hydrogen) atoms. The fourth-order valence-electron chi connectivity index (χ4n) is 3.94. The van der Waals surface area contributed by atoms with Gasteiger partial charge in [-0.15, -0.1) is 0 Å². The van der Waals surface area contributed by atoms with Crippen LogP contribution < -0.4 is 5.69 Å². The van der Waals surface area contributed by atoms with Crippen LogP contribution >= 0.6 is 58.7 Å². The third-order valence-electron chi connectivity index (χ3n) is 6.20. The molecule has 1 saturated carbocycles. The number of rotatable bonds is 3. The number of halogens is 1. The van der Waals surface area contributed by atoms with Crippen LogP contribution in [-0.4, -0.2) is 34.3 Å². The first-order valence-electron chi connectivity index (χ1n) is 13.8. The van der Waals surface area contributed by atoms with Gasteiger partial charge in [-0.25, -0.2) is 19.3 Å². The molecule has 8 nitrogen and oxygen atoms in total. The van der Waals surface area contributed by atoms with Crippen LogP contribution in [0.4, 0.5) is 0 Å². The molecule has 0 bridgehead atoms. The summed E-state index contributed by atoms with van der Waals surface area (Å²) in [7, 11) is 0. The van der Waals surface area contributed by atoms with Crippen molar-refractivity contribution in [1.29, 1.82) is 0 Å². The Labute approximate surface area is 275 Å². The normalized spacial score (nSPS) is 13.1. The highest BCUT2D eigenvalue weighted by Gasteiger charge is 2.32. The van der Waals surface area contributed by atoms with Crippen LogP contribution in [0.15, 0.2) is 59.4 Å². The number of aromatic amines is 1. The van der Waals surface area contributed by atoms with Gasteiger partial charge in [-0.1, -0.05) is 94.0 Å². The first-order valence-corrected chi connectivity index (χ1v) is 16.6. The summed E-state index contributed by atoms with van der Waals surface area (Å²) in [5.41, 5.74) is 1.88. The lowest BCUT2D eigenvalue weighted by molar-refractivity contribution is 0.496. The number of H-pyrrole nitrogens is 1. The molecule has 3 heterocycles. The second-order valence-electron chi connectivity index (χ2n) is 12.1. The standard InChI is InChI=1S/C12H13ClN2S2.C9H15N3O.C9H8N2S2/c1-12(2,3)10-14-15(11(16)17-10)9-6-4-8(13)5-7-9;1-9(2,3)7-10-11-8(13)12(7)6-4-5-6;1-7-10-11(9(12)13-7)8-5-3-2-4-6-8/h4-7H,1-3H3;6H,4-5H2,1-3H3,(H,11,13);2-6H,1H3. The van der Waals surface area contributed by atoms with E-state index in [1.54, 1.807) is 25.3 Å². The molecule has 0 radical (unpaired) electrons. The first-order chi connectivity index (χ1) is 20.1. The van der Waals surface area contributed by atoms with Crippen molar-refractivity contribution < 1.29 is 0 Å². The van der Waals surface area contributed by atoms with Crippen molar-refractivity contribution >= 4 is 58.7 Å². The minimum atomic E-state index is -0.0626. The van der Waals surface area contributed by atoms with Crippen LogP contribution in [0.1, 0.15) is 76.3 Å². The number of aryl methyl sites for hydroxylation is 1. The Balaban J connectivity index is 0.000000150. The molecule has 1 aliphatic carbocycles. The number of para-hydroxylation sites is 1. The maximum Gasteiger partial charge on any atom is 0.343 e. The monoisotopic (exact) mass is 673 g/mol. The molecule has 0 spiro atoms. The van der Waals surface area contributed by atoms with Crippen LogP contribution in [0.2, 0.25) is 5.02 Å². The molecule has 0 atom stereocenters. The summed E-state index contributed by atoms with van der Waals surface area (Å²) in [6.45, 7) is 14.6. The molecule has 0 unspecified atom stereocenters. The van der Waals surface area contributed by atoms with Gasteiger partial charge in [-0.2, -0.15) is 15.3 Å². The van der Waals surface area contributed by atoms with Crippen molar-refractivity contribution in [2.45, 2.75) is 78.2 Å². The van der Waals surface area contributed by atoms with E-state index >= 15 is 0 Å². The van der Waals surface area contributed by atoms with E-state index in [4.69, 9.17) is 36.0 Å². The van der Waals surface area contributed by atoms with E-state index in [0.29, 0.717) is 11.1 Å². The fourth-order valence-corrected chi connectivity index (χ4v) is 6.39. The van der Waals surface area contributed by atoms with E-state index in [1.807, 2.05) is 61.5 Å². The minimum absolute atomic E-state index is 0.0237. The van der Waals surface area contributed by atoms with Crippen LogP contribution in [0, 0.1) is 14.8 Å². The highest BCUT2D eigenvalue weighted by molar-refractivity contribution is 7.73. The van der Waals surface area contributed by atoms with Gasteiger partial charge in [0, 0.05) is 21.9 Å². The van der Waals surface area contributed by atoms with Gasteiger partial charge < -0.3 is 0 Å². The molecule has 13 heteroatoms. The number of hydrogen-bond donors (Lipinski definition) is 1. The lowest BCUT2D eigenvalue weighted by Gasteiger charge is -2.17. The predicted molar refractivity (Wildman–Crippen MR) is 183 cm³/mol. The Morgan fingerprint density at radius 1 is 0.837 bits per heavy atom. The number of nitrogens with one attached hydrogen (secondary N) is 1. The molecule has 5 aromatic rings. The molecule has 0 amide bonds. The average Bonchev–Trinajstić information content (AvgIpc) is 3.42. The highest BCUT2D eigenvalue weighted by Crippen LogP contribution is 2.36. The maximum atomic E-state index is 11.4. The summed E-state index contributed by atoms with van der Waals surface area (Å²) in [6.07, 6.45) is 2.23. The summed E-state index contributed by atoms with van der Waals surface area (Å²) in [5, 5.41) is 18.2. The van der Waals surface area contributed by atoms with Gasteiger partial charge in [0.2, 0.25) is 0 Å². The number of nitrogens with zero attached hydrogens (tertiary/aromatic N) is 6. The largest absolute Gasteiger partial charge is 0.343 e. The van der Waals surface area contributed by atoms with Crippen molar-refractivity contribution in [2.24, 2.45) is 0 Å². The predicted octanol–water partition coefficient (Wildman–Crippen LogP) is 8.79. The Kier molecular flexibility index (Phi) is 10.4. The van der Waals surface area contributed by atoms with Gasteiger partial charge in [0.25, 0.3) is 0 Å². The second kappa shape index (κ2) is 13.5. The molecule has 228 valence electrons. The second-order valence-corrected chi connectivity index (χ2v) is 16.0. The molecule has 0 aliphatic heterocycles. The Morgan fingerprint density at radius 2 is 1.40 bits per heavy atom. The van der Waals surface area contributed by atoms with Gasteiger partial charge >= 0.3 is 5.69 Å². The van der Waals surface area contributed by atoms with Gasteiger partial charge in [0.15, 0.2) is 7.91 Å². The number of benzene rings is 2. The molecule has 1 aliphatic rings. The smallest absolute Gasteiger partial charge is 0.276 e. The van der Waals surface area contributed by atoms with Crippen LogP contribution in [-0.2, 0) is 10.8 Å². The molecule has 1 fully saturated rings. The zero-order valence-electron chi connectivity index (χ0n) is 25.3. The molecular formula is C30H36ClN7OS4. The van der Waals surface area contributed by atoms with E-state index in [-0.39, 0.29) is 16.5 Å². The minimum Gasteiger partial charge on any atom is -0.276 e. The van der Waals surface area contributed by atoms with Crippen molar-refractivity contribution in [3.05, 3.63) is 93.9 Å². The van der Waals surface area contributed by atoms with E-state index < -0.39 is 0 Å². The fraction of sp³-hybridized carbons (Fsp3) is 0.400. The van der Waals surface area contributed by atoms with Crippen molar-refractivity contribution in [2.75, 3.05) is 0 Å². The average molecular weight is 674 g/mol. The molecule has 1 N–H and O–H groups in total. The number of aromatic nitrogens is 7. The zero-order valence-corrected chi connectivity index (χ0v) is 29.3. The lowest BCUT2D eigenvalue weighted by atomic mass is 9.96. The van der Waals surface area contributed by atoms with Gasteiger partial charge in [0.05, 0.1) is 11.4 Å². The van der Waals surface area contributed by atoms with Crippen molar-refractivity contribution in [3.8, 4) is 11.4 Å². The van der Waals surface area contributed by atoms with Crippen molar-refractivity contribution in [3.63, 3.8) is 0 Å². The zero-order chi connectivity index (χ0) is 31.5. The topological polar surface area (TPSA) is 86.3 Å². The van der Waals surface area contributed by atoms with Gasteiger partial charge in [-0.3, -0.25) is 4.57 Å². The first kappa shape index (κ1) is 33.1. The maximum absolute atomic E-state index is 11.4. The summed E-state index contributed by atoms with van der Waals surface area (Å²) >= 11 is 19.5. The van der Waals surface area contributed by atoms with E-state index in [2.05, 4.69) is 61.9 Å². The number of hydrogen-bond acceptors (Lipinski definition) is 8. The summed E-state index contributed by atoms with van der Waals surface area (Å²) in [6, 6.07) is 17.9. The van der Waals surface area contributed by atoms with Crippen LogP contribution in [0.25, 0.3) is 11.4 Å². The molecule has 6 rings (SSSR count). The summed E-state index contributed by atoms with van der Waals surface area (Å²) in [5.74, 6) is 0.875. The van der Waals surface area contributed by atoms with Crippen molar-refractivity contribution in [1.82, 2.24) is 34.3 Å². The Hall–Kier alpha value is -2.77. The molecular weight excluding hydrogens is 638 g/mol. The summed E-state index contributed by atoms with van der Waals surface area (Å²) < 4.78 is 6.94. The quantitative estimate of drug-likeness (QED) is 0.193. The Morgan fingerprint density at radius 3 is 1.88 bits per heavy atom.